The molecular formula is C22H29BrFNO6. The van der Waals surface area contributed by atoms with Gasteiger partial charge in [-0.2, -0.15) is 0 Å². The number of ether oxygens (including phenoxy) is 4. The van der Waals surface area contributed by atoms with Crippen molar-refractivity contribution in [3.63, 3.8) is 0 Å². The lowest BCUT2D eigenvalue weighted by molar-refractivity contribution is -0.122. The van der Waals surface area contributed by atoms with E-state index in [1.807, 2.05) is 20.8 Å². The maximum absolute atomic E-state index is 15.0. The van der Waals surface area contributed by atoms with Gasteiger partial charge in [0.1, 0.15) is 5.60 Å². The smallest absolute Gasteiger partial charge is 0.407 e. The number of benzene rings is 1. The van der Waals surface area contributed by atoms with Gasteiger partial charge in [0.15, 0.2) is 11.6 Å². The minimum Gasteiger partial charge on any atom is -0.465 e. The molecule has 172 valence electrons. The Hall–Kier alpha value is -2.03. The van der Waals surface area contributed by atoms with Crippen LogP contribution in [-0.2, 0) is 9.47 Å². The molecular weight excluding hydrogens is 473 g/mol. The number of methoxy groups -OCH3 is 1. The molecule has 1 fully saturated rings. The van der Waals surface area contributed by atoms with Crippen LogP contribution in [0.4, 0.5) is 9.18 Å². The normalized spacial score (nSPS) is 25.2. The number of amides is 1. The summed E-state index contributed by atoms with van der Waals surface area (Å²) in [4.78, 5) is 24.1. The van der Waals surface area contributed by atoms with Gasteiger partial charge in [-0.3, -0.25) is 0 Å². The van der Waals surface area contributed by atoms with Crippen molar-refractivity contribution in [1.82, 2.24) is 5.32 Å². The summed E-state index contributed by atoms with van der Waals surface area (Å²) >= 11 is 3.15. The molecule has 1 atom stereocenters. The molecule has 2 aliphatic rings. The van der Waals surface area contributed by atoms with Crippen LogP contribution in [0, 0.1) is 18.7 Å². The molecule has 3 rings (SSSR count). The molecule has 1 aliphatic carbocycles. The Morgan fingerprint density at radius 1 is 1.16 bits per heavy atom. The minimum absolute atomic E-state index is 0.00276. The van der Waals surface area contributed by atoms with E-state index in [-0.39, 0.29) is 33.5 Å². The number of hydrogen-bond acceptors (Lipinski definition) is 6. The first kappa shape index (κ1) is 23.6. The quantitative estimate of drug-likeness (QED) is 0.569. The maximum atomic E-state index is 15.0. The highest BCUT2D eigenvalue weighted by molar-refractivity contribution is 9.10. The number of fused-ring (bicyclic) bond motifs is 1. The number of esters is 1. The SMILES string of the molecule is COC(=O)c1c(C)c2c(c(F)c1Br)OC(C)(C1CCC(NC(=O)OC(C)(C)C)CC1)O2. The Balaban J connectivity index is 1.71. The van der Waals surface area contributed by atoms with Gasteiger partial charge in [0, 0.05) is 24.4 Å². The molecule has 1 unspecified atom stereocenters. The van der Waals surface area contributed by atoms with Crippen LogP contribution in [0.3, 0.4) is 0 Å². The van der Waals surface area contributed by atoms with Crippen molar-refractivity contribution in [3.8, 4) is 11.5 Å². The predicted octanol–water partition coefficient (Wildman–Crippen LogP) is 5.25. The minimum atomic E-state index is -1.07. The lowest BCUT2D eigenvalue weighted by Gasteiger charge is -2.37. The first-order valence-corrected chi connectivity index (χ1v) is 11.1. The van der Waals surface area contributed by atoms with Crippen molar-refractivity contribution in [3.05, 3.63) is 21.4 Å². The standard InChI is InChI=1S/C22H29BrFNO6/c1-11-14(19(26)28-6)15(23)16(24)18-17(11)29-22(5,30-18)12-7-9-13(10-8-12)25-20(27)31-21(2,3)4/h12-13H,7-10H2,1-6H3,(H,25,27). The summed E-state index contributed by atoms with van der Waals surface area (Å²) in [6.45, 7) is 8.92. The van der Waals surface area contributed by atoms with Crippen LogP contribution in [-0.4, -0.2) is 36.6 Å². The van der Waals surface area contributed by atoms with Gasteiger partial charge in [-0.25, -0.2) is 14.0 Å². The van der Waals surface area contributed by atoms with E-state index in [9.17, 15) is 14.0 Å². The van der Waals surface area contributed by atoms with Crippen molar-refractivity contribution in [2.75, 3.05) is 7.11 Å². The second-order valence-corrected chi connectivity index (χ2v) is 9.99. The van der Waals surface area contributed by atoms with Crippen LogP contribution in [0.25, 0.3) is 0 Å². The molecule has 0 spiro atoms. The average molecular weight is 502 g/mol. The van der Waals surface area contributed by atoms with E-state index in [1.54, 1.807) is 13.8 Å². The monoisotopic (exact) mass is 501 g/mol. The predicted molar refractivity (Wildman–Crippen MR) is 115 cm³/mol. The van der Waals surface area contributed by atoms with Gasteiger partial charge >= 0.3 is 12.1 Å². The number of nitrogens with one attached hydrogen (secondary N) is 1. The van der Waals surface area contributed by atoms with E-state index in [2.05, 4.69) is 21.2 Å². The third-order valence-corrected chi connectivity index (χ3v) is 6.47. The molecule has 1 N–H and O–H groups in total. The van der Waals surface area contributed by atoms with Gasteiger partial charge in [-0.1, -0.05) is 0 Å². The first-order valence-electron chi connectivity index (χ1n) is 10.3. The molecule has 1 aromatic rings. The molecule has 1 aliphatic heterocycles. The molecule has 1 amide bonds. The fourth-order valence-electron chi connectivity index (χ4n) is 4.15. The van der Waals surface area contributed by atoms with Crippen LogP contribution >= 0.6 is 15.9 Å². The van der Waals surface area contributed by atoms with E-state index in [0.717, 1.165) is 25.7 Å². The van der Waals surface area contributed by atoms with Crippen LogP contribution in [0.15, 0.2) is 4.47 Å². The van der Waals surface area contributed by atoms with Gasteiger partial charge in [0.2, 0.25) is 5.75 Å². The summed E-state index contributed by atoms with van der Waals surface area (Å²) in [6, 6.07) is -0.00276. The maximum Gasteiger partial charge on any atom is 0.407 e. The molecule has 1 heterocycles. The third-order valence-electron chi connectivity index (χ3n) is 5.72. The first-order chi connectivity index (χ1) is 14.4. The molecule has 7 nitrogen and oxygen atoms in total. The van der Waals surface area contributed by atoms with Crippen LogP contribution in [0.5, 0.6) is 11.5 Å². The molecule has 9 heteroatoms. The summed E-state index contributed by atoms with van der Waals surface area (Å²) in [5.74, 6) is -2.22. The highest BCUT2D eigenvalue weighted by atomic mass is 79.9. The van der Waals surface area contributed by atoms with Crippen LogP contribution in [0.1, 0.15) is 69.3 Å². The molecule has 31 heavy (non-hydrogen) atoms. The Morgan fingerprint density at radius 2 is 1.74 bits per heavy atom. The van der Waals surface area contributed by atoms with Gasteiger partial charge in [0.05, 0.1) is 17.1 Å². The molecule has 0 radical (unpaired) electrons. The van der Waals surface area contributed by atoms with E-state index < -0.39 is 29.3 Å². The van der Waals surface area contributed by atoms with Crippen molar-refractivity contribution < 1.29 is 32.9 Å². The van der Waals surface area contributed by atoms with E-state index >= 15 is 0 Å². The zero-order valence-corrected chi connectivity index (χ0v) is 20.3. The highest BCUT2D eigenvalue weighted by Crippen LogP contribution is 2.51. The molecule has 0 bridgehead atoms. The Labute approximate surface area is 190 Å². The van der Waals surface area contributed by atoms with E-state index in [4.69, 9.17) is 18.9 Å². The second-order valence-electron chi connectivity index (χ2n) is 9.19. The fraction of sp³-hybridized carbons (Fsp3) is 0.636. The number of hydrogen-bond donors (Lipinski definition) is 1. The lowest BCUT2D eigenvalue weighted by Crippen LogP contribution is -2.48. The zero-order chi connectivity index (χ0) is 23.1. The van der Waals surface area contributed by atoms with Gasteiger partial charge in [0.25, 0.3) is 5.79 Å². The Kier molecular flexibility index (Phi) is 6.47. The van der Waals surface area contributed by atoms with Gasteiger partial charge < -0.3 is 24.3 Å². The summed E-state index contributed by atoms with van der Waals surface area (Å²) < 4.78 is 37.2. The Bertz CT molecular complexity index is 891. The summed E-state index contributed by atoms with van der Waals surface area (Å²) in [7, 11) is 1.24. The largest absolute Gasteiger partial charge is 0.465 e. The van der Waals surface area contributed by atoms with Crippen LogP contribution < -0.4 is 14.8 Å². The molecule has 1 saturated carbocycles. The number of alkyl carbamates (subject to hydrolysis) is 1. The summed E-state index contributed by atoms with van der Waals surface area (Å²) in [5, 5.41) is 2.91. The second kappa shape index (κ2) is 8.48. The zero-order valence-electron chi connectivity index (χ0n) is 18.7. The average Bonchev–Trinajstić information content (AvgIpc) is 3.04. The van der Waals surface area contributed by atoms with Crippen LogP contribution in [0.2, 0.25) is 0 Å². The van der Waals surface area contributed by atoms with Crippen molar-refractivity contribution >= 4 is 28.0 Å². The molecule has 0 saturated heterocycles. The summed E-state index contributed by atoms with van der Waals surface area (Å²) in [6.07, 6.45) is 2.45. The number of halogens is 2. The Morgan fingerprint density at radius 3 is 2.29 bits per heavy atom. The van der Waals surface area contributed by atoms with E-state index in [0.29, 0.717) is 5.56 Å². The fourth-order valence-corrected chi connectivity index (χ4v) is 4.78. The summed E-state index contributed by atoms with van der Waals surface area (Å²) in [5.41, 5.74) is -0.0123. The highest BCUT2D eigenvalue weighted by Gasteiger charge is 2.48. The third kappa shape index (κ3) is 4.76. The number of carbonyl (C=O) groups excluding carboxylic acids is 2. The van der Waals surface area contributed by atoms with E-state index in [1.165, 1.54) is 7.11 Å². The molecule has 0 aromatic heterocycles. The topological polar surface area (TPSA) is 83.1 Å². The van der Waals surface area contributed by atoms with Crippen molar-refractivity contribution in [2.45, 2.75) is 77.7 Å². The van der Waals surface area contributed by atoms with Crippen molar-refractivity contribution in [1.29, 1.82) is 0 Å². The number of rotatable bonds is 3. The lowest BCUT2D eigenvalue weighted by atomic mass is 9.81. The van der Waals surface area contributed by atoms with Crippen molar-refractivity contribution in [2.24, 2.45) is 5.92 Å². The van der Waals surface area contributed by atoms with Gasteiger partial charge in [-0.15, -0.1) is 0 Å². The number of carbonyl (C=O) groups is 2. The van der Waals surface area contributed by atoms with Gasteiger partial charge in [-0.05, 0) is 69.3 Å². The molecule has 1 aromatic carbocycles.